The minimum absolute atomic E-state index is 0.587. The molecule has 9 nitrogen and oxygen atoms in total. The van der Waals surface area contributed by atoms with Crippen molar-refractivity contribution >= 4 is 28.0 Å². The van der Waals surface area contributed by atoms with E-state index < -0.39 is 0 Å². The fourth-order valence-electron chi connectivity index (χ4n) is 6.89. The predicted octanol–water partition coefficient (Wildman–Crippen LogP) is 5.78. The Morgan fingerprint density at radius 3 is 2.55 bits per heavy atom. The Balaban J connectivity index is 1.16. The summed E-state index contributed by atoms with van der Waals surface area (Å²) in [5.74, 6) is 1.47. The van der Waals surface area contributed by atoms with Crippen molar-refractivity contribution in [2.24, 2.45) is 0 Å². The molecule has 2 fully saturated rings. The molecule has 2 N–H and O–H groups in total. The third-order valence-electron chi connectivity index (χ3n) is 8.99. The molecular weight excluding hydrogens is 500 g/mol. The Morgan fingerprint density at radius 1 is 0.925 bits per heavy atom. The smallest absolute Gasteiger partial charge is 0.204 e. The second-order valence-electron chi connectivity index (χ2n) is 11.2. The van der Waals surface area contributed by atoms with Gasteiger partial charge in [0.1, 0.15) is 5.52 Å². The summed E-state index contributed by atoms with van der Waals surface area (Å²) in [6.45, 7) is 4.20. The molecule has 0 spiro atoms. The molecule has 202 valence electrons. The van der Waals surface area contributed by atoms with Gasteiger partial charge in [-0.15, -0.1) is 10.2 Å². The van der Waals surface area contributed by atoms with Crippen LogP contribution in [0.4, 0.5) is 17.1 Å². The highest BCUT2D eigenvalue weighted by Gasteiger charge is 2.31. The maximum Gasteiger partial charge on any atom is 0.204 e. The van der Waals surface area contributed by atoms with Gasteiger partial charge in [0.15, 0.2) is 5.76 Å². The summed E-state index contributed by atoms with van der Waals surface area (Å²) in [6, 6.07) is 19.7. The average molecular weight is 533 g/mol. The molecule has 3 aromatic carbocycles. The molecule has 2 aliphatic carbocycles. The van der Waals surface area contributed by atoms with Gasteiger partial charge in [-0.1, -0.05) is 48.7 Å². The number of aromatic nitrogens is 5. The van der Waals surface area contributed by atoms with Crippen molar-refractivity contribution in [3.63, 3.8) is 0 Å². The summed E-state index contributed by atoms with van der Waals surface area (Å²) >= 11 is 0. The Labute approximate surface area is 232 Å². The third kappa shape index (κ3) is 4.03. The number of nitrogens with zero attached hydrogens (tertiary/aromatic N) is 6. The normalized spacial score (nSPS) is 17.8. The van der Waals surface area contributed by atoms with Gasteiger partial charge in [0.2, 0.25) is 5.82 Å². The van der Waals surface area contributed by atoms with E-state index in [2.05, 4.69) is 83.4 Å². The van der Waals surface area contributed by atoms with E-state index >= 15 is 0 Å². The van der Waals surface area contributed by atoms with Gasteiger partial charge >= 0.3 is 0 Å². The summed E-state index contributed by atoms with van der Waals surface area (Å²) in [5.41, 5.74) is 8.80. The number of hydrogen-bond donors (Lipinski definition) is 2. The Morgan fingerprint density at radius 2 is 1.75 bits per heavy atom. The van der Waals surface area contributed by atoms with Crippen LogP contribution in [-0.2, 0) is 6.42 Å². The lowest BCUT2D eigenvalue weighted by Gasteiger charge is -2.41. The van der Waals surface area contributed by atoms with E-state index in [9.17, 15) is 0 Å². The van der Waals surface area contributed by atoms with Gasteiger partial charge in [-0.2, -0.15) is 5.21 Å². The molecule has 8 rings (SSSR count). The van der Waals surface area contributed by atoms with Crippen molar-refractivity contribution in [3.8, 4) is 22.7 Å². The fourth-order valence-corrected chi connectivity index (χ4v) is 6.89. The highest BCUT2D eigenvalue weighted by molar-refractivity contribution is 6.06. The lowest BCUT2D eigenvalue weighted by molar-refractivity contribution is 0.148. The topological polar surface area (TPSA) is 99.0 Å². The van der Waals surface area contributed by atoms with Crippen LogP contribution in [0.1, 0.15) is 43.2 Å². The zero-order valence-electron chi connectivity index (χ0n) is 22.4. The molecule has 0 unspecified atom stereocenters. The van der Waals surface area contributed by atoms with Gasteiger partial charge in [0.05, 0.1) is 11.1 Å². The summed E-state index contributed by atoms with van der Waals surface area (Å²) in [5, 5.41) is 24.0. The van der Waals surface area contributed by atoms with E-state index in [1.807, 2.05) is 12.1 Å². The Kier molecular flexibility index (Phi) is 5.76. The van der Waals surface area contributed by atoms with Gasteiger partial charge in [-0.25, -0.2) is 0 Å². The molecule has 0 bridgehead atoms. The minimum atomic E-state index is 0.587. The van der Waals surface area contributed by atoms with E-state index in [1.165, 1.54) is 43.2 Å². The predicted molar refractivity (Wildman–Crippen MR) is 156 cm³/mol. The molecule has 9 heteroatoms. The Bertz CT molecular complexity index is 1650. The van der Waals surface area contributed by atoms with Crippen LogP contribution in [0.2, 0.25) is 0 Å². The second kappa shape index (κ2) is 9.75. The molecule has 0 radical (unpaired) electrons. The van der Waals surface area contributed by atoms with Crippen LogP contribution >= 0.6 is 0 Å². The standard InChI is InChI=1S/C31H32N8O/c1-2-7-23(8-3-1)38-14-16-39(17-15-38)27-19-26(32-22-12-10-20(11-13-22)31-33-36-37-34-31)25-18-21-6-4-5-9-24(21)30-28(25)29(27)35-40-30/h4-6,9-13,19,23,32H,1-3,7-8,14-18H2,(H,33,34,36,37). The minimum Gasteiger partial charge on any atom is -0.367 e. The van der Waals surface area contributed by atoms with E-state index in [4.69, 9.17) is 4.52 Å². The van der Waals surface area contributed by atoms with Crippen LogP contribution < -0.4 is 10.2 Å². The highest BCUT2D eigenvalue weighted by Crippen LogP contribution is 2.46. The quantitative estimate of drug-likeness (QED) is 0.288. The van der Waals surface area contributed by atoms with Crippen molar-refractivity contribution in [2.45, 2.75) is 44.6 Å². The van der Waals surface area contributed by atoms with Gasteiger partial charge < -0.3 is 14.7 Å². The van der Waals surface area contributed by atoms with Crippen LogP contribution in [0.25, 0.3) is 33.6 Å². The van der Waals surface area contributed by atoms with Crippen LogP contribution in [0.3, 0.4) is 0 Å². The van der Waals surface area contributed by atoms with Gasteiger partial charge in [-0.05, 0) is 59.5 Å². The zero-order valence-corrected chi connectivity index (χ0v) is 22.4. The molecule has 1 aliphatic heterocycles. The molecule has 0 amide bonds. The first-order valence-corrected chi connectivity index (χ1v) is 14.5. The summed E-state index contributed by atoms with van der Waals surface area (Å²) in [7, 11) is 0. The summed E-state index contributed by atoms with van der Waals surface area (Å²) in [6.07, 6.45) is 7.69. The lowest BCUT2D eigenvalue weighted by atomic mass is 9.87. The number of rotatable bonds is 5. The van der Waals surface area contributed by atoms with Crippen molar-refractivity contribution < 1.29 is 4.52 Å². The first-order chi connectivity index (χ1) is 19.8. The highest BCUT2D eigenvalue weighted by atomic mass is 16.5. The number of fused-ring (bicyclic) bond motifs is 2. The molecule has 3 aliphatic rings. The Hall–Kier alpha value is -4.24. The average Bonchev–Trinajstić information content (AvgIpc) is 3.72. The molecule has 1 saturated heterocycles. The molecular formula is C31H32N8O. The van der Waals surface area contributed by atoms with Crippen molar-refractivity contribution in [1.29, 1.82) is 0 Å². The zero-order chi connectivity index (χ0) is 26.5. The van der Waals surface area contributed by atoms with Crippen LogP contribution in [0.15, 0.2) is 59.1 Å². The molecule has 0 atom stereocenters. The van der Waals surface area contributed by atoms with Crippen LogP contribution in [0.5, 0.6) is 0 Å². The monoisotopic (exact) mass is 532 g/mol. The van der Waals surface area contributed by atoms with Crippen molar-refractivity contribution in [3.05, 3.63) is 65.7 Å². The number of hydrogen-bond acceptors (Lipinski definition) is 8. The van der Waals surface area contributed by atoms with Gasteiger partial charge in [-0.3, -0.25) is 4.90 Å². The van der Waals surface area contributed by atoms with Crippen LogP contribution in [0, 0.1) is 0 Å². The van der Waals surface area contributed by atoms with E-state index in [0.29, 0.717) is 5.82 Å². The second-order valence-corrected chi connectivity index (χ2v) is 11.2. The number of anilines is 3. The SMILES string of the molecule is c1ccc2c(c1)Cc1c(Nc3ccc(-c4nn[nH]n4)cc3)cc(N3CCN(C4CCCCC4)CC3)c3noc-2c13. The molecule has 3 heterocycles. The summed E-state index contributed by atoms with van der Waals surface area (Å²) < 4.78 is 6.10. The summed E-state index contributed by atoms with van der Waals surface area (Å²) in [4.78, 5) is 5.23. The molecule has 40 heavy (non-hydrogen) atoms. The maximum absolute atomic E-state index is 6.10. The molecule has 1 saturated carbocycles. The number of aromatic amines is 1. The van der Waals surface area contributed by atoms with Gasteiger partial charge in [0.25, 0.3) is 0 Å². The van der Waals surface area contributed by atoms with E-state index in [0.717, 1.165) is 83.5 Å². The third-order valence-corrected chi connectivity index (χ3v) is 8.99. The van der Waals surface area contributed by atoms with Crippen molar-refractivity contribution in [2.75, 3.05) is 36.4 Å². The number of nitrogens with one attached hydrogen (secondary N) is 2. The van der Waals surface area contributed by atoms with E-state index in [-0.39, 0.29) is 0 Å². The number of tetrazole rings is 1. The molecule has 2 aromatic heterocycles. The fraction of sp³-hybridized carbons (Fsp3) is 0.355. The largest absolute Gasteiger partial charge is 0.367 e. The van der Waals surface area contributed by atoms with Crippen LogP contribution in [-0.4, -0.2) is 62.9 Å². The van der Waals surface area contributed by atoms with Crippen molar-refractivity contribution in [1.82, 2.24) is 30.7 Å². The van der Waals surface area contributed by atoms with E-state index in [1.54, 1.807) is 0 Å². The first-order valence-electron chi connectivity index (χ1n) is 14.5. The van der Waals surface area contributed by atoms with Gasteiger partial charge in [0, 0.05) is 61.1 Å². The number of H-pyrrole nitrogens is 1. The number of piperazine rings is 1. The maximum atomic E-state index is 6.10. The first kappa shape index (κ1) is 23.6. The lowest BCUT2D eigenvalue weighted by Crippen LogP contribution is -2.50. The number of benzene rings is 3. The molecule has 5 aromatic rings.